The van der Waals surface area contributed by atoms with Crippen LogP contribution < -0.4 is 5.73 Å². The van der Waals surface area contributed by atoms with Crippen LogP contribution in [0.3, 0.4) is 0 Å². The third-order valence-electron chi connectivity index (χ3n) is 1.41. The number of hydrogen-bond donors (Lipinski definition) is 1. The standard InChI is InChI=1S/C9H9N5/c10-9-7-8(4-6-12-9)3-1-2-5-13-14-11/h4,6-7H,2,5H2,(H2,10,12). The highest BCUT2D eigenvalue weighted by atomic mass is 15.1. The van der Waals surface area contributed by atoms with Gasteiger partial charge in [-0.2, -0.15) is 0 Å². The molecule has 0 saturated carbocycles. The summed E-state index contributed by atoms with van der Waals surface area (Å²) in [6.45, 7) is 0.393. The van der Waals surface area contributed by atoms with Gasteiger partial charge in [-0.1, -0.05) is 17.0 Å². The van der Waals surface area contributed by atoms with Gasteiger partial charge >= 0.3 is 0 Å². The number of nitrogens with two attached hydrogens (primary N) is 1. The third kappa shape index (κ3) is 3.48. The first kappa shape index (κ1) is 9.90. The number of rotatable bonds is 2. The number of pyridine rings is 1. The Morgan fingerprint density at radius 2 is 2.50 bits per heavy atom. The van der Waals surface area contributed by atoms with Crippen LogP contribution in [0.1, 0.15) is 12.0 Å². The van der Waals surface area contributed by atoms with Crippen molar-refractivity contribution >= 4 is 5.82 Å². The monoisotopic (exact) mass is 187 g/mol. The van der Waals surface area contributed by atoms with E-state index in [9.17, 15) is 0 Å². The number of anilines is 1. The molecular formula is C9H9N5. The van der Waals surface area contributed by atoms with Gasteiger partial charge < -0.3 is 5.73 Å². The summed E-state index contributed by atoms with van der Waals surface area (Å²) in [7, 11) is 0. The van der Waals surface area contributed by atoms with E-state index in [1.807, 2.05) is 0 Å². The molecule has 14 heavy (non-hydrogen) atoms. The van der Waals surface area contributed by atoms with Crippen molar-refractivity contribution in [3.63, 3.8) is 0 Å². The predicted molar refractivity (Wildman–Crippen MR) is 54.2 cm³/mol. The molecule has 5 heteroatoms. The zero-order valence-electron chi connectivity index (χ0n) is 7.51. The average molecular weight is 187 g/mol. The van der Waals surface area contributed by atoms with Crippen molar-refractivity contribution in [2.45, 2.75) is 6.42 Å². The molecule has 0 aliphatic heterocycles. The Bertz CT molecular complexity index is 409. The molecule has 1 aromatic heterocycles. The molecule has 1 aromatic rings. The number of azide groups is 1. The van der Waals surface area contributed by atoms with E-state index in [2.05, 4.69) is 26.9 Å². The van der Waals surface area contributed by atoms with Gasteiger partial charge in [-0.3, -0.25) is 0 Å². The van der Waals surface area contributed by atoms with E-state index in [1.54, 1.807) is 18.3 Å². The van der Waals surface area contributed by atoms with Gasteiger partial charge in [0, 0.05) is 29.6 Å². The quantitative estimate of drug-likeness (QED) is 0.251. The summed E-state index contributed by atoms with van der Waals surface area (Å²) in [6, 6.07) is 3.47. The van der Waals surface area contributed by atoms with Crippen molar-refractivity contribution in [1.82, 2.24) is 4.98 Å². The van der Waals surface area contributed by atoms with Crippen LogP contribution in [0.5, 0.6) is 0 Å². The van der Waals surface area contributed by atoms with Crippen LogP contribution in [0.4, 0.5) is 5.82 Å². The fourth-order valence-electron chi connectivity index (χ4n) is 0.841. The number of aromatic nitrogens is 1. The van der Waals surface area contributed by atoms with Crippen LogP contribution in [-0.4, -0.2) is 11.5 Å². The smallest absolute Gasteiger partial charge is 0.124 e. The molecule has 1 heterocycles. The van der Waals surface area contributed by atoms with Crippen LogP contribution in [0.15, 0.2) is 23.4 Å². The maximum Gasteiger partial charge on any atom is 0.124 e. The molecule has 0 aromatic carbocycles. The van der Waals surface area contributed by atoms with E-state index in [4.69, 9.17) is 11.3 Å². The lowest BCUT2D eigenvalue weighted by Gasteiger charge is -1.91. The first-order chi connectivity index (χ1) is 6.83. The molecule has 2 N–H and O–H groups in total. The fraction of sp³-hybridized carbons (Fsp3) is 0.222. The van der Waals surface area contributed by atoms with Crippen LogP contribution in [0.2, 0.25) is 0 Å². The second-order valence-electron chi connectivity index (χ2n) is 2.48. The minimum Gasteiger partial charge on any atom is -0.384 e. The predicted octanol–water partition coefficient (Wildman–Crippen LogP) is 1.72. The van der Waals surface area contributed by atoms with Crippen LogP contribution in [-0.2, 0) is 0 Å². The Kier molecular flexibility index (Phi) is 3.86. The zero-order chi connectivity index (χ0) is 10.2. The zero-order valence-corrected chi connectivity index (χ0v) is 7.51. The van der Waals surface area contributed by atoms with E-state index in [0.717, 1.165) is 5.56 Å². The highest BCUT2D eigenvalue weighted by Crippen LogP contribution is 2.00. The molecule has 0 aliphatic carbocycles. The molecule has 0 bridgehead atoms. The Morgan fingerprint density at radius 1 is 1.64 bits per heavy atom. The van der Waals surface area contributed by atoms with Crippen LogP contribution >= 0.6 is 0 Å². The lowest BCUT2D eigenvalue weighted by Crippen LogP contribution is -1.89. The Hall–Kier alpha value is -2.18. The summed E-state index contributed by atoms with van der Waals surface area (Å²) in [6.07, 6.45) is 2.15. The summed E-state index contributed by atoms with van der Waals surface area (Å²) in [5, 5.41) is 3.36. The topological polar surface area (TPSA) is 87.7 Å². The van der Waals surface area contributed by atoms with Gasteiger partial charge in [0.05, 0.1) is 0 Å². The average Bonchev–Trinajstić information content (AvgIpc) is 2.18. The molecule has 0 aliphatic rings. The number of nitrogens with zero attached hydrogens (tertiary/aromatic N) is 4. The van der Waals surface area contributed by atoms with Gasteiger partial charge in [0.25, 0.3) is 0 Å². The van der Waals surface area contributed by atoms with Crippen molar-refractivity contribution in [1.29, 1.82) is 0 Å². The summed E-state index contributed by atoms with van der Waals surface area (Å²) < 4.78 is 0. The van der Waals surface area contributed by atoms with Gasteiger partial charge in [-0.15, -0.1) is 0 Å². The van der Waals surface area contributed by atoms with Crippen molar-refractivity contribution in [2.24, 2.45) is 5.11 Å². The number of hydrogen-bond acceptors (Lipinski definition) is 3. The fourth-order valence-corrected chi connectivity index (χ4v) is 0.841. The van der Waals surface area contributed by atoms with Crippen molar-refractivity contribution in [3.05, 3.63) is 34.3 Å². The van der Waals surface area contributed by atoms with Crippen molar-refractivity contribution < 1.29 is 0 Å². The second kappa shape index (κ2) is 5.46. The van der Waals surface area contributed by atoms with Crippen LogP contribution in [0.25, 0.3) is 10.4 Å². The Morgan fingerprint density at radius 3 is 3.21 bits per heavy atom. The summed E-state index contributed by atoms with van der Waals surface area (Å²) in [5.41, 5.74) is 14.3. The van der Waals surface area contributed by atoms with Gasteiger partial charge in [-0.25, -0.2) is 4.98 Å². The Balaban J connectivity index is 2.54. The Labute approximate surface area is 81.6 Å². The molecule has 0 amide bonds. The summed E-state index contributed by atoms with van der Waals surface area (Å²) in [5.74, 6) is 6.21. The largest absolute Gasteiger partial charge is 0.384 e. The summed E-state index contributed by atoms with van der Waals surface area (Å²) in [4.78, 5) is 6.46. The van der Waals surface area contributed by atoms with Gasteiger partial charge in [0.1, 0.15) is 5.82 Å². The molecule has 70 valence electrons. The number of nitrogen functional groups attached to an aromatic ring is 1. The van der Waals surface area contributed by atoms with Crippen molar-refractivity contribution in [3.8, 4) is 11.8 Å². The molecule has 1 rings (SSSR count). The van der Waals surface area contributed by atoms with Gasteiger partial charge in [-0.05, 0) is 17.7 Å². The molecular weight excluding hydrogens is 178 g/mol. The molecule has 0 unspecified atom stereocenters. The molecule has 0 fully saturated rings. The van der Waals surface area contributed by atoms with E-state index in [0.29, 0.717) is 18.8 Å². The third-order valence-corrected chi connectivity index (χ3v) is 1.41. The first-order valence-corrected chi connectivity index (χ1v) is 4.04. The van der Waals surface area contributed by atoms with E-state index in [1.165, 1.54) is 0 Å². The molecule has 0 spiro atoms. The molecule has 5 nitrogen and oxygen atoms in total. The molecule has 0 saturated heterocycles. The lowest BCUT2D eigenvalue weighted by molar-refractivity contribution is 1.01. The normalized spacial score (nSPS) is 8.29. The minimum atomic E-state index is 0.393. The van der Waals surface area contributed by atoms with Crippen LogP contribution in [0, 0.1) is 11.8 Å². The minimum absolute atomic E-state index is 0.393. The highest BCUT2D eigenvalue weighted by Gasteiger charge is 1.87. The van der Waals surface area contributed by atoms with Gasteiger partial charge in [0.15, 0.2) is 0 Å². The maximum atomic E-state index is 8.00. The molecule has 0 atom stereocenters. The summed E-state index contributed by atoms with van der Waals surface area (Å²) >= 11 is 0. The first-order valence-electron chi connectivity index (χ1n) is 4.04. The second-order valence-corrected chi connectivity index (χ2v) is 2.48. The molecule has 0 radical (unpaired) electrons. The lowest BCUT2D eigenvalue weighted by atomic mass is 10.2. The van der Waals surface area contributed by atoms with E-state index < -0.39 is 0 Å². The highest BCUT2D eigenvalue weighted by molar-refractivity contribution is 5.41. The van der Waals surface area contributed by atoms with E-state index in [-0.39, 0.29) is 0 Å². The maximum absolute atomic E-state index is 8.00. The van der Waals surface area contributed by atoms with Crippen molar-refractivity contribution in [2.75, 3.05) is 12.3 Å². The van der Waals surface area contributed by atoms with E-state index >= 15 is 0 Å². The SMILES string of the molecule is [N-]=[N+]=NCCC#Cc1ccnc(N)c1. The van der Waals surface area contributed by atoms with Gasteiger partial charge in [0.2, 0.25) is 0 Å².